The molecule has 0 bridgehead atoms. The SMILES string of the molecule is F[B-]1(F)n2c(Br)ccc2C(c2cccs2)=C2C=CC(Br)=[N+]21. The Kier molecular flexibility index (Phi) is 2.93. The monoisotopic (exact) mass is 430 g/mol. The van der Waals surface area contributed by atoms with Crippen molar-refractivity contribution < 1.29 is 13.1 Å². The van der Waals surface area contributed by atoms with E-state index in [4.69, 9.17) is 0 Å². The third kappa shape index (κ3) is 1.75. The van der Waals surface area contributed by atoms with Crippen molar-refractivity contribution in [2.75, 3.05) is 0 Å². The lowest BCUT2D eigenvalue weighted by Crippen LogP contribution is -2.50. The quantitative estimate of drug-likeness (QED) is 0.579. The molecule has 4 heterocycles. The number of fused-ring (bicyclic) bond motifs is 2. The lowest BCUT2D eigenvalue weighted by molar-refractivity contribution is -0.358. The molecule has 2 aliphatic rings. The number of aromatic nitrogens is 1. The summed E-state index contributed by atoms with van der Waals surface area (Å²) in [4.78, 5) is 0.972. The van der Waals surface area contributed by atoms with Gasteiger partial charge >= 0.3 is 6.97 Å². The van der Waals surface area contributed by atoms with Crippen LogP contribution >= 0.6 is 43.2 Å². The maximum absolute atomic E-state index is 14.9. The molecule has 0 saturated carbocycles. The Morgan fingerprint density at radius 3 is 2.67 bits per heavy atom. The summed E-state index contributed by atoms with van der Waals surface area (Å²) >= 11 is 8.03. The Morgan fingerprint density at radius 2 is 1.95 bits per heavy atom. The van der Waals surface area contributed by atoms with E-state index < -0.39 is 6.97 Å². The molecular formula is C13H7BBr2F2N2S. The van der Waals surface area contributed by atoms with Gasteiger partial charge in [0.25, 0.3) is 0 Å². The Hall–Kier alpha value is -0.985. The van der Waals surface area contributed by atoms with Crippen LogP contribution in [0.4, 0.5) is 8.63 Å². The molecule has 8 heteroatoms. The van der Waals surface area contributed by atoms with Crippen molar-refractivity contribution in [2.45, 2.75) is 0 Å². The van der Waals surface area contributed by atoms with E-state index in [0.29, 0.717) is 20.6 Å². The number of nitrogens with zero attached hydrogens (tertiary/aromatic N) is 2. The van der Waals surface area contributed by atoms with Crippen LogP contribution in [0.5, 0.6) is 0 Å². The van der Waals surface area contributed by atoms with Crippen LogP contribution in [0.3, 0.4) is 0 Å². The number of allylic oxidation sites excluding steroid dienone is 2. The summed E-state index contributed by atoms with van der Waals surface area (Å²) in [7, 11) is 0. The van der Waals surface area contributed by atoms with Crippen molar-refractivity contribution in [1.82, 2.24) is 4.48 Å². The Labute approximate surface area is 140 Å². The highest BCUT2D eigenvalue weighted by atomic mass is 79.9. The van der Waals surface area contributed by atoms with Gasteiger partial charge in [0.2, 0.25) is 4.62 Å². The summed E-state index contributed by atoms with van der Waals surface area (Å²) in [5, 5.41) is 1.95. The number of halogens is 4. The van der Waals surface area contributed by atoms with E-state index in [1.807, 2.05) is 17.5 Å². The van der Waals surface area contributed by atoms with Crippen molar-refractivity contribution in [3.05, 3.63) is 62.7 Å². The molecule has 21 heavy (non-hydrogen) atoms. The molecule has 2 nitrogen and oxygen atoms in total. The van der Waals surface area contributed by atoms with Gasteiger partial charge in [0.1, 0.15) is 0 Å². The molecule has 0 N–H and O–H groups in total. The van der Waals surface area contributed by atoms with Crippen LogP contribution in [0.25, 0.3) is 5.57 Å². The molecule has 4 rings (SSSR count). The van der Waals surface area contributed by atoms with E-state index in [1.165, 1.54) is 0 Å². The first-order chi connectivity index (χ1) is 10.0. The van der Waals surface area contributed by atoms with Crippen LogP contribution < -0.4 is 0 Å². The van der Waals surface area contributed by atoms with E-state index in [9.17, 15) is 8.63 Å². The topological polar surface area (TPSA) is 7.94 Å². The van der Waals surface area contributed by atoms with Gasteiger partial charge in [-0.15, -0.1) is 11.3 Å². The summed E-state index contributed by atoms with van der Waals surface area (Å²) in [6.07, 6.45) is 3.40. The van der Waals surface area contributed by atoms with Gasteiger partial charge < -0.3 is 17.6 Å². The fraction of sp³-hybridized carbons (Fsp3) is 0. The van der Waals surface area contributed by atoms with Crippen LogP contribution in [0.2, 0.25) is 0 Å². The molecule has 0 unspecified atom stereocenters. The Morgan fingerprint density at radius 1 is 1.14 bits per heavy atom. The van der Waals surface area contributed by atoms with Gasteiger partial charge in [-0.05, 0) is 39.5 Å². The van der Waals surface area contributed by atoms with E-state index in [2.05, 4.69) is 31.9 Å². The molecule has 2 aromatic heterocycles. The van der Waals surface area contributed by atoms with Gasteiger partial charge in [0, 0.05) is 38.7 Å². The first kappa shape index (κ1) is 13.7. The van der Waals surface area contributed by atoms with Crippen LogP contribution in [0, 0.1) is 0 Å². The van der Waals surface area contributed by atoms with Gasteiger partial charge in [-0.2, -0.15) is 0 Å². The Balaban J connectivity index is 2.14. The summed E-state index contributed by atoms with van der Waals surface area (Å²) < 4.78 is 32.7. The van der Waals surface area contributed by atoms with Crippen molar-refractivity contribution in [3.63, 3.8) is 0 Å². The van der Waals surface area contributed by atoms with Crippen LogP contribution in [0.1, 0.15) is 10.6 Å². The average Bonchev–Trinajstić information content (AvgIpc) is 3.11. The second-order valence-electron chi connectivity index (χ2n) is 4.76. The van der Waals surface area contributed by atoms with Gasteiger partial charge in [-0.1, -0.05) is 6.07 Å². The van der Waals surface area contributed by atoms with Crippen molar-refractivity contribution in [3.8, 4) is 0 Å². The van der Waals surface area contributed by atoms with Crippen LogP contribution in [0.15, 0.2) is 52.1 Å². The second-order valence-corrected chi connectivity index (χ2v) is 7.34. The van der Waals surface area contributed by atoms with E-state index in [0.717, 1.165) is 19.4 Å². The summed E-state index contributed by atoms with van der Waals surface area (Å²) in [5.74, 6) is 0. The highest BCUT2D eigenvalue weighted by molar-refractivity contribution is 9.18. The van der Waals surface area contributed by atoms with Gasteiger partial charge in [-0.3, -0.25) is 0 Å². The van der Waals surface area contributed by atoms with Crippen molar-refractivity contribution in [1.29, 1.82) is 0 Å². The zero-order chi connectivity index (χ0) is 14.8. The molecule has 0 spiro atoms. The lowest BCUT2D eigenvalue weighted by Gasteiger charge is -2.31. The predicted molar refractivity (Wildman–Crippen MR) is 89.2 cm³/mol. The zero-order valence-corrected chi connectivity index (χ0v) is 14.4. The van der Waals surface area contributed by atoms with Crippen LogP contribution in [-0.4, -0.2) is 20.6 Å². The minimum absolute atomic E-state index is 0.378. The van der Waals surface area contributed by atoms with E-state index >= 15 is 0 Å². The average molecular weight is 432 g/mol. The number of rotatable bonds is 1. The molecule has 0 saturated heterocycles. The minimum Gasteiger partial charge on any atom is -0.389 e. The standard InChI is InChI=1S/C13H7BBr2F2N2S/c15-11-5-3-8-13(10-2-1-7-21-10)9-4-6-12(16)20(9)14(17,18)19(8)11/h1-7H. The molecule has 106 valence electrons. The molecule has 0 amide bonds. The maximum Gasteiger partial charge on any atom is 0.738 e. The van der Waals surface area contributed by atoms with E-state index in [1.54, 1.807) is 35.6 Å². The predicted octanol–water partition coefficient (Wildman–Crippen LogP) is 4.68. The minimum atomic E-state index is -3.93. The molecule has 0 atom stereocenters. The van der Waals surface area contributed by atoms with Crippen molar-refractivity contribution in [2.24, 2.45) is 0 Å². The number of hydrogen-bond donors (Lipinski definition) is 0. The largest absolute Gasteiger partial charge is 0.738 e. The molecule has 0 aliphatic carbocycles. The summed E-state index contributed by atoms with van der Waals surface area (Å²) in [5.41, 5.74) is 1.90. The maximum atomic E-state index is 14.9. The molecule has 2 aliphatic heterocycles. The van der Waals surface area contributed by atoms with Gasteiger partial charge in [0.05, 0.1) is 10.2 Å². The van der Waals surface area contributed by atoms with Crippen molar-refractivity contribution >= 4 is 60.4 Å². The first-order valence-corrected chi connectivity index (χ1v) is 8.66. The molecule has 2 aromatic rings. The normalized spacial score (nSPS) is 19.2. The summed E-state index contributed by atoms with van der Waals surface area (Å²) in [6.45, 7) is -3.93. The zero-order valence-electron chi connectivity index (χ0n) is 10.4. The second kappa shape index (κ2) is 4.50. The fourth-order valence-electron chi connectivity index (χ4n) is 2.81. The third-order valence-corrected chi connectivity index (χ3v) is 5.82. The Bertz CT molecular complexity index is 850. The van der Waals surface area contributed by atoms with Crippen LogP contribution in [-0.2, 0) is 0 Å². The molecule has 0 aromatic carbocycles. The smallest absolute Gasteiger partial charge is 0.389 e. The third-order valence-electron chi connectivity index (χ3n) is 3.64. The molecule has 0 fully saturated rings. The highest BCUT2D eigenvalue weighted by Gasteiger charge is 2.54. The van der Waals surface area contributed by atoms with E-state index in [-0.39, 0.29) is 0 Å². The highest BCUT2D eigenvalue weighted by Crippen LogP contribution is 2.42. The fourth-order valence-corrected chi connectivity index (χ4v) is 4.73. The molecule has 0 radical (unpaired) electrons. The lowest BCUT2D eigenvalue weighted by atomic mass is 9.88. The van der Waals surface area contributed by atoms with Gasteiger partial charge in [-0.25, -0.2) is 0 Å². The summed E-state index contributed by atoms with van der Waals surface area (Å²) in [6, 6.07) is 7.28. The first-order valence-electron chi connectivity index (χ1n) is 6.19. The molecular weight excluding hydrogens is 425 g/mol. The van der Waals surface area contributed by atoms with Gasteiger partial charge in [0.15, 0.2) is 5.70 Å². The number of hydrogen-bond acceptors (Lipinski definition) is 1. The number of thiophene rings is 1.